The maximum Gasteiger partial charge on any atom is 0.294 e. The molecule has 0 aliphatic carbocycles. The summed E-state index contributed by atoms with van der Waals surface area (Å²) in [5, 5.41) is 2.27. The van der Waals surface area contributed by atoms with E-state index in [1.165, 1.54) is 0 Å². The fourth-order valence-corrected chi connectivity index (χ4v) is 3.73. The molecule has 2 aromatic rings. The molecular formula is C21H18N2O5S. The van der Waals surface area contributed by atoms with Crippen molar-refractivity contribution in [3.63, 3.8) is 0 Å². The molecule has 1 saturated heterocycles. The smallest absolute Gasteiger partial charge is 0.294 e. The minimum Gasteiger partial charge on any atom is -0.454 e. The van der Waals surface area contributed by atoms with Crippen molar-refractivity contribution in [1.29, 1.82) is 0 Å². The summed E-state index contributed by atoms with van der Waals surface area (Å²) >= 11 is 0.814. The number of nitrogens with one attached hydrogen (secondary N) is 1. The molecule has 1 fully saturated rings. The van der Waals surface area contributed by atoms with E-state index in [2.05, 4.69) is 5.32 Å². The second-order valence-electron chi connectivity index (χ2n) is 6.64. The zero-order chi connectivity index (χ0) is 20.4. The van der Waals surface area contributed by atoms with Gasteiger partial charge in [0.2, 0.25) is 12.7 Å². The molecule has 0 aromatic heterocycles. The normalized spacial score (nSPS) is 16.6. The van der Waals surface area contributed by atoms with E-state index in [0.717, 1.165) is 27.8 Å². The molecule has 7 nitrogen and oxygen atoms in total. The number of ether oxygens (including phenoxy) is 2. The molecule has 0 bridgehead atoms. The van der Waals surface area contributed by atoms with Crippen LogP contribution in [0.4, 0.5) is 4.79 Å². The van der Waals surface area contributed by atoms with Gasteiger partial charge in [-0.15, -0.1) is 0 Å². The van der Waals surface area contributed by atoms with Crippen molar-refractivity contribution < 1.29 is 23.9 Å². The van der Waals surface area contributed by atoms with Gasteiger partial charge in [-0.3, -0.25) is 19.3 Å². The van der Waals surface area contributed by atoms with Crippen LogP contribution in [0.3, 0.4) is 0 Å². The van der Waals surface area contributed by atoms with E-state index < -0.39 is 17.1 Å². The summed E-state index contributed by atoms with van der Waals surface area (Å²) in [7, 11) is 0. The summed E-state index contributed by atoms with van der Waals surface area (Å²) in [4.78, 5) is 38.2. The van der Waals surface area contributed by atoms with Gasteiger partial charge in [0.05, 0.1) is 4.91 Å². The van der Waals surface area contributed by atoms with E-state index in [0.29, 0.717) is 23.6 Å². The van der Waals surface area contributed by atoms with Crippen molar-refractivity contribution in [2.24, 2.45) is 0 Å². The molecule has 8 heteroatoms. The van der Waals surface area contributed by atoms with E-state index in [9.17, 15) is 14.4 Å². The van der Waals surface area contributed by atoms with Crippen LogP contribution in [0.1, 0.15) is 16.7 Å². The Morgan fingerprint density at radius 1 is 1.14 bits per heavy atom. The number of benzene rings is 2. The molecule has 148 valence electrons. The van der Waals surface area contributed by atoms with Crippen LogP contribution >= 0.6 is 11.8 Å². The number of thioether (sulfide) groups is 1. The van der Waals surface area contributed by atoms with Crippen LogP contribution in [0.2, 0.25) is 0 Å². The predicted molar refractivity (Wildman–Crippen MR) is 108 cm³/mol. The van der Waals surface area contributed by atoms with Crippen molar-refractivity contribution in [1.82, 2.24) is 10.2 Å². The molecule has 3 amide bonds. The Morgan fingerprint density at radius 2 is 1.90 bits per heavy atom. The summed E-state index contributed by atoms with van der Waals surface area (Å²) in [6.07, 6.45) is 1.61. The molecule has 1 N–H and O–H groups in total. The van der Waals surface area contributed by atoms with Gasteiger partial charge in [0.15, 0.2) is 11.5 Å². The lowest BCUT2D eigenvalue weighted by Crippen LogP contribution is -2.39. The van der Waals surface area contributed by atoms with E-state index >= 15 is 0 Å². The first kappa shape index (κ1) is 19.1. The number of carbonyl (C=O) groups excluding carboxylic acids is 3. The Kier molecular flexibility index (Phi) is 5.26. The van der Waals surface area contributed by atoms with E-state index in [1.54, 1.807) is 24.3 Å². The molecule has 0 atom stereocenters. The van der Waals surface area contributed by atoms with Gasteiger partial charge < -0.3 is 14.8 Å². The predicted octanol–water partition coefficient (Wildman–Crippen LogP) is 3.08. The second kappa shape index (κ2) is 8.00. The van der Waals surface area contributed by atoms with Crippen LogP contribution in [0.15, 0.2) is 47.4 Å². The first-order chi connectivity index (χ1) is 14.0. The minimum absolute atomic E-state index is 0.160. The largest absolute Gasteiger partial charge is 0.454 e. The van der Waals surface area contributed by atoms with Gasteiger partial charge in [-0.05, 0) is 48.0 Å². The van der Waals surface area contributed by atoms with Gasteiger partial charge in [-0.25, -0.2) is 0 Å². The Balaban J connectivity index is 1.38. The lowest BCUT2D eigenvalue weighted by molar-refractivity contribution is -0.129. The first-order valence-corrected chi connectivity index (χ1v) is 9.78. The van der Waals surface area contributed by atoms with E-state index in [1.807, 2.05) is 31.2 Å². The molecule has 0 saturated carbocycles. The van der Waals surface area contributed by atoms with E-state index in [4.69, 9.17) is 9.47 Å². The SMILES string of the molecule is Cc1ccc(CNC(=O)CN2C(=O)S/C(=C\c3ccc4c(c3)OCO4)C2=O)cc1. The second-order valence-corrected chi connectivity index (χ2v) is 7.64. The number of amides is 3. The maximum atomic E-state index is 12.6. The van der Waals surface area contributed by atoms with Crippen molar-refractivity contribution in [2.45, 2.75) is 13.5 Å². The fourth-order valence-electron chi connectivity index (χ4n) is 2.90. The number of nitrogens with zero attached hydrogens (tertiary/aromatic N) is 1. The maximum absolute atomic E-state index is 12.6. The lowest BCUT2D eigenvalue weighted by Gasteiger charge is -2.12. The number of aryl methyl sites for hydroxylation is 1. The van der Waals surface area contributed by atoms with Crippen molar-refractivity contribution in [3.05, 3.63) is 64.1 Å². The molecule has 2 aromatic carbocycles. The van der Waals surface area contributed by atoms with Crippen LogP contribution in [0.5, 0.6) is 11.5 Å². The highest BCUT2D eigenvalue weighted by Gasteiger charge is 2.36. The van der Waals surface area contributed by atoms with Crippen LogP contribution in [-0.4, -0.2) is 35.3 Å². The highest BCUT2D eigenvalue weighted by atomic mass is 32.2. The average Bonchev–Trinajstić information content (AvgIpc) is 3.27. The van der Waals surface area contributed by atoms with Gasteiger partial charge in [0.25, 0.3) is 11.1 Å². The topological polar surface area (TPSA) is 84.9 Å². The zero-order valence-electron chi connectivity index (χ0n) is 15.6. The lowest BCUT2D eigenvalue weighted by atomic mass is 10.1. The highest BCUT2D eigenvalue weighted by molar-refractivity contribution is 8.18. The van der Waals surface area contributed by atoms with Crippen LogP contribution < -0.4 is 14.8 Å². The third-order valence-electron chi connectivity index (χ3n) is 4.48. The van der Waals surface area contributed by atoms with E-state index in [-0.39, 0.29) is 18.2 Å². The summed E-state index contributed by atoms with van der Waals surface area (Å²) in [5.41, 5.74) is 2.79. The zero-order valence-corrected chi connectivity index (χ0v) is 16.5. The van der Waals surface area contributed by atoms with Crippen molar-refractivity contribution in [3.8, 4) is 11.5 Å². The molecule has 29 heavy (non-hydrogen) atoms. The summed E-state index contributed by atoms with van der Waals surface area (Å²) in [5.74, 6) is 0.356. The molecule has 0 radical (unpaired) electrons. The number of fused-ring (bicyclic) bond motifs is 1. The first-order valence-electron chi connectivity index (χ1n) is 8.97. The van der Waals surface area contributed by atoms with Gasteiger partial charge in [0, 0.05) is 6.54 Å². The average molecular weight is 410 g/mol. The van der Waals surface area contributed by atoms with Crippen LogP contribution in [0, 0.1) is 6.92 Å². The van der Waals surface area contributed by atoms with Crippen LogP contribution in [0.25, 0.3) is 6.08 Å². The third kappa shape index (κ3) is 4.27. The molecule has 2 aliphatic heterocycles. The summed E-state index contributed by atoms with van der Waals surface area (Å²) in [6, 6.07) is 13.0. The number of carbonyl (C=O) groups is 3. The number of hydrogen-bond donors (Lipinski definition) is 1. The molecule has 2 heterocycles. The van der Waals surface area contributed by atoms with Gasteiger partial charge in [0.1, 0.15) is 6.54 Å². The summed E-state index contributed by atoms with van der Waals surface area (Å²) in [6.45, 7) is 2.17. The number of rotatable bonds is 5. The van der Waals surface area contributed by atoms with Crippen molar-refractivity contribution in [2.75, 3.05) is 13.3 Å². The Labute approximate surface area is 171 Å². The highest BCUT2D eigenvalue weighted by Crippen LogP contribution is 2.36. The van der Waals surface area contributed by atoms with Gasteiger partial charge in [-0.2, -0.15) is 0 Å². The van der Waals surface area contributed by atoms with Gasteiger partial charge in [-0.1, -0.05) is 35.9 Å². The molecule has 0 unspecified atom stereocenters. The third-order valence-corrected chi connectivity index (χ3v) is 5.39. The molecule has 0 spiro atoms. The summed E-state index contributed by atoms with van der Waals surface area (Å²) < 4.78 is 10.6. The quantitative estimate of drug-likeness (QED) is 0.763. The molecular weight excluding hydrogens is 392 g/mol. The molecule has 4 rings (SSSR count). The Hall–Kier alpha value is -3.26. The number of imide groups is 1. The Morgan fingerprint density at radius 3 is 2.69 bits per heavy atom. The molecule has 2 aliphatic rings. The van der Waals surface area contributed by atoms with Gasteiger partial charge >= 0.3 is 0 Å². The minimum atomic E-state index is -0.483. The van der Waals surface area contributed by atoms with Crippen molar-refractivity contribution >= 4 is 34.9 Å². The standard InChI is InChI=1S/C21H18N2O5S/c1-13-2-4-14(5-3-13)10-22-19(24)11-23-20(25)18(29-21(23)26)9-15-6-7-16-17(8-15)28-12-27-16/h2-9H,10-12H2,1H3,(H,22,24)/b18-9-. The number of hydrogen-bond acceptors (Lipinski definition) is 6. The Bertz CT molecular complexity index is 1020. The fraction of sp³-hybridized carbons (Fsp3) is 0.190. The van der Waals surface area contributed by atoms with Crippen LogP contribution in [-0.2, 0) is 16.1 Å². The monoisotopic (exact) mass is 410 g/mol.